The number of halogens is 1. The molecule has 1 atom stereocenters. The molecule has 1 aliphatic rings. The Balaban J connectivity index is 1.52. The molecule has 0 spiro atoms. The summed E-state index contributed by atoms with van der Waals surface area (Å²) in [6.45, 7) is 2.33. The van der Waals surface area contributed by atoms with E-state index in [2.05, 4.69) is 31.3 Å². The van der Waals surface area contributed by atoms with E-state index in [0.29, 0.717) is 18.0 Å². The van der Waals surface area contributed by atoms with Gasteiger partial charge >= 0.3 is 0 Å². The average molecular weight is 414 g/mol. The van der Waals surface area contributed by atoms with Crippen LogP contribution in [0.2, 0.25) is 0 Å². The molecule has 0 saturated carbocycles. The summed E-state index contributed by atoms with van der Waals surface area (Å²) in [6.07, 6.45) is 3.42. The monoisotopic (exact) mass is 413 g/mol. The molecule has 2 aromatic heterocycles. The Labute approximate surface area is 158 Å². The normalized spacial score (nSPS) is 17.1. The van der Waals surface area contributed by atoms with E-state index in [1.807, 2.05) is 25.1 Å². The number of fused-ring (bicyclic) bond motifs is 1. The minimum absolute atomic E-state index is 0.0502. The average Bonchev–Trinajstić information content (AvgIpc) is 3.24. The van der Waals surface area contributed by atoms with E-state index >= 15 is 0 Å². The molecule has 3 aromatic rings. The molecule has 7 nitrogen and oxygen atoms in total. The molecule has 0 radical (unpaired) electrons. The maximum atomic E-state index is 12.7. The van der Waals surface area contributed by atoms with Crippen molar-refractivity contribution in [1.29, 1.82) is 0 Å². The third-order valence-electron chi connectivity index (χ3n) is 4.49. The quantitative estimate of drug-likeness (QED) is 0.715. The summed E-state index contributed by atoms with van der Waals surface area (Å²) in [5.74, 6) is -0.121. The Morgan fingerprint density at radius 3 is 2.92 bits per heavy atom. The number of hydrogen-bond acceptors (Lipinski definition) is 4. The number of nitrogens with one attached hydrogen (secondary N) is 1. The molecule has 1 aromatic carbocycles. The second-order valence-electron chi connectivity index (χ2n) is 6.26. The predicted octanol–water partition coefficient (Wildman–Crippen LogP) is 2.79. The van der Waals surface area contributed by atoms with E-state index in [0.717, 1.165) is 15.7 Å². The lowest BCUT2D eigenvalue weighted by Gasteiger charge is -2.18. The topological polar surface area (TPSA) is 79.6 Å². The van der Waals surface area contributed by atoms with Crippen LogP contribution in [-0.2, 0) is 9.59 Å². The van der Waals surface area contributed by atoms with Gasteiger partial charge in [-0.2, -0.15) is 9.61 Å². The van der Waals surface area contributed by atoms with Crippen LogP contribution in [0.4, 0.5) is 11.5 Å². The Morgan fingerprint density at radius 2 is 2.12 bits per heavy atom. The molecule has 0 bridgehead atoms. The van der Waals surface area contributed by atoms with Gasteiger partial charge in [0.25, 0.3) is 0 Å². The fourth-order valence-corrected chi connectivity index (χ4v) is 3.33. The number of aromatic nitrogens is 3. The van der Waals surface area contributed by atoms with E-state index in [-0.39, 0.29) is 18.2 Å². The number of carbonyl (C=O) groups excluding carboxylic acids is 2. The number of aryl methyl sites for hydroxylation is 1. The third-order valence-corrected chi connectivity index (χ3v) is 5.38. The van der Waals surface area contributed by atoms with Crippen LogP contribution < -0.4 is 10.2 Å². The lowest BCUT2D eigenvalue weighted by Crippen LogP contribution is -2.28. The second-order valence-corrected chi connectivity index (χ2v) is 7.11. The fourth-order valence-electron chi connectivity index (χ4n) is 3.09. The number of benzene rings is 1. The van der Waals surface area contributed by atoms with E-state index in [1.54, 1.807) is 33.9 Å². The molecule has 1 saturated heterocycles. The van der Waals surface area contributed by atoms with Crippen molar-refractivity contribution >= 4 is 44.9 Å². The van der Waals surface area contributed by atoms with Gasteiger partial charge in [0.05, 0.1) is 12.1 Å². The summed E-state index contributed by atoms with van der Waals surface area (Å²) in [6, 6.07) is 9.18. The summed E-state index contributed by atoms with van der Waals surface area (Å²) in [5.41, 5.74) is 2.50. The largest absolute Gasteiger partial charge is 0.312 e. The van der Waals surface area contributed by atoms with E-state index in [4.69, 9.17) is 0 Å². The highest BCUT2D eigenvalue weighted by Gasteiger charge is 2.35. The van der Waals surface area contributed by atoms with Gasteiger partial charge in [-0.05, 0) is 36.8 Å². The highest BCUT2D eigenvalue weighted by atomic mass is 79.9. The van der Waals surface area contributed by atoms with Crippen LogP contribution >= 0.6 is 15.9 Å². The predicted molar refractivity (Wildman–Crippen MR) is 101 cm³/mol. The first-order chi connectivity index (χ1) is 12.5. The molecule has 1 aliphatic heterocycles. The molecule has 0 aliphatic carbocycles. The minimum Gasteiger partial charge on any atom is -0.312 e. The zero-order valence-electron chi connectivity index (χ0n) is 14.0. The van der Waals surface area contributed by atoms with Gasteiger partial charge < -0.3 is 10.2 Å². The Kier molecular flexibility index (Phi) is 4.20. The van der Waals surface area contributed by atoms with Gasteiger partial charge in [0, 0.05) is 35.4 Å². The molecule has 3 heterocycles. The molecule has 1 unspecified atom stereocenters. The van der Waals surface area contributed by atoms with Gasteiger partial charge in [-0.15, -0.1) is 0 Å². The summed E-state index contributed by atoms with van der Waals surface area (Å²) < 4.78 is 2.55. The minimum atomic E-state index is -0.412. The van der Waals surface area contributed by atoms with Crippen LogP contribution in [0.25, 0.3) is 5.65 Å². The van der Waals surface area contributed by atoms with Gasteiger partial charge in [-0.25, -0.2) is 4.98 Å². The van der Waals surface area contributed by atoms with Gasteiger partial charge in [-0.3, -0.25) is 9.59 Å². The lowest BCUT2D eigenvalue weighted by molar-refractivity contribution is -0.122. The number of anilines is 2. The molecule has 8 heteroatoms. The SMILES string of the molecule is Cc1cc(N2CC(C(=O)Nc3ccnc4ccnn34)CC2=O)ccc1Br. The molecular formula is C18H16BrN5O2. The summed E-state index contributed by atoms with van der Waals surface area (Å²) in [5, 5.41) is 7.01. The van der Waals surface area contributed by atoms with E-state index in [1.165, 1.54) is 0 Å². The van der Waals surface area contributed by atoms with Crippen molar-refractivity contribution in [1.82, 2.24) is 14.6 Å². The van der Waals surface area contributed by atoms with Gasteiger partial charge in [-0.1, -0.05) is 15.9 Å². The molecule has 4 rings (SSSR count). The Morgan fingerprint density at radius 1 is 1.27 bits per heavy atom. The molecule has 1 fully saturated rings. The first-order valence-electron chi connectivity index (χ1n) is 8.19. The van der Waals surface area contributed by atoms with Crippen LogP contribution in [0, 0.1) is 12.8 Å². The van der Waals surface area contributed by atoms with Crippen molar-refractivity contribution in [2.24, 2.45) is 5.92 Å². The van der Waals surface area contributed by atoms with Gasteiger partial charge in [0.15, 0.2) is 5.65 Å². The van der Waals surface area contributed by atoms with Crippen molar-refractivity contribution in [2.75, 3.05) is 16.8 Å². The Bertz CT molecular complexity index is 1020. The number of amides is 2. The van der Waals surface area contributed by atoms with Gasteiger partial charge in [0.1, 0.15) is 5.82 Å². The standard InChI is InChI=1S/C18H16BrN5O2/c1-11-8-13(2-3-14(11)19)23-10-12(9-17(23)25)18(26)22-16-4-6-20-15-5-7-21-24(15)16/h2-8,12H,9-10H2,1H3,(H,22,26). The van der Waals surface area contributed by atoms with Crippen LogP contribution in [0.5, 0.6) is 0 Å². The maximum Gasteiger partial charge on any atom is 0.230 e. The molecule has 26 heavy (non-hydrogen) atoms. The van der Waals surface area contributed by atoms with E-state index in [9.17, 15) is 9.59 Å². The highest BCUT2D eigenvalue weighted by Crippen LogP contribution is 2.29. The fraction of sp³-hybridized carbons (Fsp3) is 0.222. The number of hydrogen-bond donors (Lipinski definition) is 1. The summed E-state index contributed by atoms with van der Waals surface area (Å²) >= 11 is 3.46. The molecular weight excluding hydrogens is 398 g/mol. The van der Waals surface area contributed by atoms with Crippen molar-refractivity contribution < 1.29 is 9.59 Å². The van der Waals surface area contributed by atoms with E-state index < -0.39 is 5.92 Å². The number of nitrogens with zero attached hydrogens (tertiary/aromatic N) is 4. The first-order valence-corrected chi connectivity index (χ1v) is 8.98. The van der Waals surface area contributed by atoms with Crippen LogP contribution in [0.3, 0.4) is 0 Å². The van der Waals surface area contributed by atoms with Crippen molar-refractivity contribution in [3.05, 3.63) is 52.8 Å². The maximum absolute atomic E-state index is 12.7. The summed E-state index contributed by atoms with van der Waals surface area (Å²) in [4.78, 5) is 30.9. The third kappa shape index (κ3) is 2.96. The number of carbonyl (C=O) groups is 2. The zero-order chi connectivity index (χ0) is 18.3. The van der Waals surface area contributed by atoms with Crippen LogP contribution in [-0.4, -0.2) is 33.0 Å². The molecule has 2 amide bonds. The van der Waals surface area contributed by atoms with Crippen LogP contribution in [0.1, 0.15) is 12.0 Å². The van der Waals surface area contributed by atoms with Crippen molar-refractivity contribution in [2.45, 2.75) is 13.3 Å². The van der Waals surface area contributed by atoms with Crippen molar-refractivity contribution in [3.63, 3.8) is 0 Å². The molecule has 132 valence electrons. The second kappa shape index (κ2) is 6.53. The molecule has 1 N–H and O–H groups in total. The van der Waals surface area contributed by atoms with Crippen molar-refractivity contribution in [3.8, 4) is 0 Å². The first kappa shape index (κ1) is 16.7. The highest BCUT2D eigenvalue weighted by molar-refractivity contribution is 9.10. The summed E-state index contributed by atoms with van der Waals surface area (Å²) in [7, 11) is 0. The number of rotatable bonds is 3. The Hall–Kier alpha value is -2.74. The van der Waals surface area contributed by atoms with Crippen LogP contribution in [0.15, 0.2) is 47.2 Å². The smallest absolute Gasteiger partial charge is 0.230 e. The zero-order valence-corrected chi connectivity index (χ0v) is 15.6. The van der Waals surface area contributed by atoms with Gasteiger partial charge in [0.2, 0.25) is 11.8 Å². The lowest BCUT2D eigenvalue weighted by atomic mass is 10.1.